The van der Waals surface area contributed by atoms with E-state index in [2.05, 4.69) is 5.32 Å². The van der Waals surface area contributed by atoms with E-state index in [1.54, 1.807) is 32.9 Å². The van der Waals surface area contributed by atoms with Gasteiger partial charge in [-0.1, -0.05) is 12.1 Å². The Hall–Kier alpha value is -2.57. The summed E-state index contributed by atoms with van der Waals surface area (Å²) in [5.41, 5.74) is 5.21. The molecule has 1 aromatic carbocycles. The Kier molecular flexibility index (Phi) is 5.50. The number of aliphatic carboxylic acids is 1. The summed E-state index contributed by atoms with van der Waals surface area (Å²) in [6.45, 7) is 4.99. The summed E-state index contributed by atoms with van der Waals surface area (Å²) in [4.78, 5) is 33.9. The quantitative estimate of drug-likeness (QED) is 0.791. The van der Waals surface area contributed by atoms with Crippen molar-refractivity contribution in [3.05, 3.63) is 35.4 Å². The smallest absolute Gasteiger partial charge is 0.408 e. The zero-order chi connectivity index (χ0) is 16.9. The molecule has 0 aliphatic carbocycles. The molecule has 0 spiro atoms. The number of rotatable bonds is 5. The van der Waals surface area contributed by atoms with Gasteiger partial charge in [-0.05, 0) is 44.9 Å². The summed E-state index contributed by atoms with van der Waals surface area (Å²) in [7, 11) is 0. The van der Waals surface area contributed by atoms with Gasteiger partial charge in [-0.3, -0.25) is 4.79 Å². The Morgan fingerprint density at radius 2 is 1.95 bits per heavy atom. The summed E-state index contributed by atoms with van der Waals surface area (Å²) < 4.78 is 5.00. The van der Waals surface area contributed by atoms with E-state index in [1.807, 2.05) is 0 Å². The summed E-state index contributed by atoms with van der Waals surface area (Å²) in [5, 5.41) is 13.4. The first kappa shape index (κ1) is 17.5. The van der Waals surface area contributed by atoms with Gasteiger partial charge in [0, 0.05) is 5.56 Å². The fraction of sp³-hybridized carbons (Fsp3) is 0.400. The highest BCUT2D eigenvalue weighted by atomic mass is 16.6. The molecule has 0 heterocycles. The third-order valence-corrected chi connectivity index (χ3v) is 2.63. The van der Waals surface area contributed by atoms with Crippen LogP contribution in [0.2, 0.25) is 0 Å². The van der Waals surface area contributed by atoms with Crippen molar-refractivity contribution in [2.45, 2.75) is 38.8 Å². The monoisotopic (exact) mass is 307 g/mol. The van der Waals surface area contributed by atoms with Crippen molar-refractivity contribution in [2.24, 2.45) is 5.73 Å². The van der Waals surface area contributed by atoms with Gasteiger partial charge in [0.1, 0.15) is 5.60 Å². The van der Waals surface area contributed by atoms with Crippen LogP contribution < -0.4 is 16.2 Å². The molecule has 1 aromatic rings. The highest BCUT2D eigenvalue weighted by Crippen LogP contribution is 2.10. The number of carbonyl (C=O) groups excluding carboxylic acids is 3. The van der Waals surface area contributed by atoms with Gasteiger partial charge in [0.2, 0.25) is 5.91 Å². The predicted octanol–water partition coefficient (Wildman–Crippen LogP) is -0.0288. The summed E-state index contributed by atoms with van der Waals surface area (Å²) in [6.07, 6.45) is -0.907. The van der Waals surface area contributed by atoms with Crippen LogP contribution in [0.3, 0.4) is 0 Å². The Labute approximate surface area is 128 Å². The average Bonchev–Trinajstić information content (AvgIpc) is 2.35. The topological polar surface area (TPSA) is 122 Å². The number of carboxylic acids is 1. The average molecular weight is 307 g/mol. The second-order valence-electron chi connectivity index (χ2n) is 5.79. The van der Waals surface area contributed by atoms with Gasteiger partial charge in [-0.2, -0.15) is 0 Å². The Morgan fingerprint density at radius 3 is 2.45 bits per heavy atom. The van der Waals surface area contributed by atoms with Crippen LogP contribution in [0.25, 0.3) is 0 Å². The van der Waals surface area contributed by atoms with Crippen LogP contribution in [0.15, 0.2) is 24.3 Å². The molecule has 0 bridgehead atoms. The summed E-state index contributed by atoms with van der Waals surface area (Å²) in [5.74, 6) is -2.07. The number of hydrogen-bond donors (Lipinski definition) is 2. The van der Waals surface area contributed by atoms with Gasteiger partial charge in [0.25, 0.3) is 0 Å². The molecule has 0 aliphatic heterocycles. The number of nitrogens with one attached hydrogen (secondary N) is 1. The molecule has 0 unspecified atom stereocenters. The van der Waals surface area contributed by atoms with E-state index >= 15 is 0 Å². The van der Waals surface area contributed by atoms with Crippen molar-refractivity contribution in [1.29, 1.82) is 0 Å². The Morgan fingerprint density at radius 1 is 1.32 bits per heavy atom. The number of primary amides is 1. The second-order valence-corrected chi connectivity index (χ2v) is 5.79. The molecule has 2 amide bonds. The molecule has 1 rings (SSSR count). The van der Waals surface area contributed by atoms with Crippen molar-refractivity contribution < 1.29 is 24.2 Å². The van der Waals surface area contributed by atoms with Crippen LogP contribution in [-0.2, 0) is 16.0 Å². The fourth-order valence-corrected chi connectivity index (χ4v) is 1.73. The van der Waals surface area contributed by atoms with Gasteiger partial charge >= 0.3 is 6.09 Å². The summed E-state index contributed by atoms with van der Waals surface area (Å²) >= 11 is 0. The lowest BCUT2D eigenvalue weighted by molar-refractivity contribution is -0.308. The lowest BCUT2D eigenvalue weighted by Crippen LogP contribution is -2.50. The number of carboxylic acid groups (broad SMARTS) is 1. The number of amides is 2. The standard InChI is InChI=1S/C15H20N2O5/c1-15(2,3)22-14(21)17-11(13(19)20)8-9-5-4-6-10(7-9)12(16)18/h4-7,11H,8H2,1-3H3,(H2,16,18)(H,17,21)(H,19,20)/p-1/t11-/m0/s1. The lowest BCUT2D eigenvalue weighted by Gasteiger charge is -2.24. The number of alkyl carbamates (subject to hydrolysis) is 1. The molecule has 0 radical (unpaired) electrons. The number of benzene rings is 1. The van der Waals surface area contributed by atoms with Gasteiger partial charge in [0.15, 0.2) is 0 Å². The van der Waals surface area contributed by atoms with E-state index in [0.717, 1.165) is 0 Å². The molecule has 0 aromatic heterocycles. The molecule has 0 aliphatic rings. The molecule has 7 heteroatoms. The third-order valence-electron chi connectivity index (χ3n) is 2.63. The second kappa shape index (κ2) is 6.93. The number of hydrogen-bond acceptors (Lipinski definition) is 5. The van der Waals surface area contributed by atoms with Crippen LogP contribution in [0.1, 0.15) is 36.7 Å². The predicted molar refractivity (Wildman–Crippen MR) is 76.8 cm³/mol. The number of nitrogens with two attached hydrogens (primary N) is 1. The van der Waals surface area contributed by atoms with E-state index in [9.17, 15) is 19.5 Å². The number of carbonyl (C=O) groups is 3. The van der Waals surface area contributed by atoms with Crippen molar-refractivity contribution in [3.8, 4) is 0 Å². The number of ether oxygens (including phenoxy) is 1. The molecule has 0 fully saturated rings. The molecule has 22 heavy (non-hydrogen) atoms. The molecule has 0 saturated carbocycles. The van der Waals surface area contributed by atoms with Crippen molar-refractivity contribution in [2.75, 3.05) is 0 Å². The largest absolute Gasteiger partial charge is 0.548 e. The molecule has 1 atom stereocenters. The van der Waals surface area contributed by atoms with Crippen molar-refractivity contribution in [3.63, 3.8) is 0 Å². The minimum Gasteiger partial charge on any atom is -0.548 e. The van der Waals surface area contributed by atoms with E-state index in [4.69, 9.17) is 10.5 Å². The highest BCUT2D eigenvalue weighted by Gasteiger charge is 2.20. The van der Waals surface area contributed by atoms with E-state index in [0.29, 0.717) is 5.56 Å². The molecule has 120 valence electrons. The maximum absolute atomic E-state index is 11.6. The molecular formula is C15H19N2O5-. The normalized spacial score (nSPS) is 12.3. The van der Waals surface area contributed by atoms with Gasteiger partial charge in [-0.15, -0.1) is 0 Å². The first-order valence-corrected chi connectivity index (χ1v) is 6.67. The molecular weight excluding hydrogens is 288 g/mol. The first-order valence-electron chi connectivity index (χ1n) is 6.67. The SMILES string of the molecule is CC(C)(C)OC(=O)N[C@@H](Cc1cccc(C(N)=O)c1)C(=O)[O-]. The van der Waals surface area contributed by atoms with Crippen LogP contribution in [0, 0.1) is 0 Å². The molecule has 7 nitrogen and oxygen atoms in total. The maximum Gasteiger partial charge on any atom is 0.408 e. The van der Waals surface area contributed by atoms with E-state index < -0.39 is 29.6 Å². The van der Waals surface area contributed by atoms with Crippen LogP contribution >= 0.6 is 0 Å². The minimum atomic E-state index is -1.45. The van der Waals surface area contributed by atoms with Crippen molar-refractivity contribution in [1.82, 2.24) is 5.32 Å². The maximum atomic E-state index is 11.6. The molecule has 0 saturated heterocycles. The Balaban J connectivity index is 2.81. The Bertz CT molecular complexity index is 578. The lowest BCUT2D eigenvalue weighted by atomic mass is 10.0. The minimum absolute atomic E-state index is 0.0529. The summed E-state index contributed by atoms with van der Waals surface area (Å²) in [6, 6.07) is 4.91. The molecule has 3 N–H and O–H groups in total. The zero-order valence-electron chi connectivity index (χ0n) is 12.7. The fourth-order valence-electron chi connectivity index (χ4n) is 1.73. The highest BCUT2D eigenvalue weighted by molar-refractivity contribution is 5.93. The third kappa shape index (κ3) is 5.82. The van der Waals surface area contributed by atoms with Crippen LogP contribution in [-0.4, -0.2) is 29.6 Å². The van der Waals surface area contributed by atoms with E-state index in [1.165, 1.54) is 12.1 Å². The van der Waals surface area contributed by atoms with Crippen LogP contribution in [0.5, 0.6) is 0 Å². The van der Waals surface area contributed by atoms with E-state index in [-0.39, 0.29) is 12.0 Å². The first-order chi connectivity index (χ1) is 10.1. The van der Waals surface area contributed by atoms with Crippen LogP contribution in [0.4, 0.5) is 4.79 Å². The van der Waals surface area contributed by atoms with Crippen molar-refractivity contribution >= 4 is 18.0 Å². The van der Waals surface area contributed by atoms with Gasteiger partial charge < -0.3 is 25.7 Å². The van der Waals surface area contributed by atoms with Gasteiger partial charge in [-0.25, -0.2) is 4.79 Å². The zero-order valence-corrected chi connectivity index (χ0v) is 12.7. The van der Waals surface area contributed by atoms with Gasteiger partial charge in [0.05, 0.1) is 12.0 Å².